The minimum absolute atomic E-state index is 0.00328. The second-order valence-corrected chi connectivity index (χ2v) is 7.85. The van der Waals surface area contributed by atoms with Crippen LogP contribution in [-0.2, 0) is 23.0 Å². The molecule has 28 heavy (non-hydrogen) atoms. The molecule has 0 saturated heterocycles. The molecule has 0 aliphatic carbocycles. The first-order valence-electron chi connectivity index (χ1n) is 8.39. The van der Waals surface area contributed by atoms with E-state index >= 15 is 0 Å². The number of anilines is 1. The number of fused-ring (bicyclic) bond motifs is 1. The molecule has 0 bridgehead atoms. The highest BCUT2D eigenvalue weighted by atomic mass is 32.2. The van der Waals surface area contributed by atoms with Crippen molar-refractivity contribution in [2.45, 2.75) is 37.2 Å². The molecule has 0 amide bonds. The van der Waals surface area contributed by atoms with E-state index in [0.29, 0.717) is 10.3 Å². The second-order valence-electron chi connectivity index (χ2n) is 6.67. The number of nitrogens with zero attached hydrogens (tertiary/aromatic N) is 2. The second kappa shape index (κ2) is 7.80. The van der Waals surface area contributed by atoms with Crippen LogP contribution < -0.4 is 9.46 Å². The Morgan fingerprint density at radius 1 is 1.39 bits per heavy atom. The van der Waals surface area contributed by atoms with Gasteiger partial charge in [0.1, 0.15) is 0 Å². The van der Waals surface area contributed by atoms with E-state index in [-0.39, 0.29) is 17.4 Å². The Labute approximate surface area is 162 Å². The van der Waals surface area contributed by atoms with Crippen LogP contribution in [0.3, 0.4) is 0 Å². The van der Waals surface area contributed by atoms with E-state index in [0.717, 1.165) is 11.1 Å². The van der Waals surface area contributed by atoms with E-state index < -0.39 is 29.4 Å². The van der Waals surface area contributed by atoms with Gasteiger partial charge in [-0.05, 0) is 25.5 Å². The summed E-state index contributed by atoms with van der Waals surface area (Å²) in [6, 6.07) is 5.31. The van der Waals surface area contributed by atoms with Crippen molar-refractivity contribution in [3.05, 3.63) is 41.7 Å². The van der Waals surface area contributed by atoms with Gasteiger partial charge in [-0.3, -0.25) is 4.72 Å². The highest BCUT2D eigenvalue weighted by molar-refractivity contribution is 7.86. The Balaban J connectivity index is 1.85. The summed E-state index contributed by atoms with van der Waals surface area (Å²) in [5.41, 5.74) is 0.603. The zero-order valence-corrected chi connectivity index (χ0v) is 16.3. The number of hydrogen-bond donors (Lipinski definition) is 3. The maximum atomic E-state index is 12.7. The number of aromatic nitrogens is 3. The molecule has 0 fully saturated rings. The lowest BCUT2D eigenvalue weighted by atomic mass is 9.98. The number of aromatic amines is 1. The van der Waals surface area contributed by atoms with Gasteiger partial charge in [-0.2, -0.15) is 4.98 Å². The quantitative estimate of drug-likeness (QED) is 0.556. The molecule has 10 heteroatoms. The average Bonchev–Trinajstić information content (AvgIpc) is 3.05. The van der Waals surface area contributed by atoms with E-state index in [2.05, 4.69) is 19.7 Å². The third kappa shape index (κ3) is 4.28. The van der Waals surface area contributed by atoms with Crippen LogP contribution in [0.15, 0.2) is 35.5 Å². The molecule has 2 heterocycles. The molecule has 2 aromatic heterocycles. The van der Waals surface area contributed by atoms with Crippen LogP contribution in [-0.4, -0.2) is 37.8 Å². The third-order valence-corrected chi connectivity index (χ3v) is 5.23. The molecule has 0 spiro atoms. The molecule has 3 aromatic rings. The Morgan fingerprint density at radius 3 is 2.79 bits per heavy atom. The number of halogens is 2. The van der Waals surface area contributed by atoms with Crippen LogP contribution in [0.4, 0.5) is 14.7 Å². The van der Waals surface area contributed by atoms with E-state index in [1.807, 2.05) is 0 Å². The Bertz CT molecular complexity index is 1020. The normalized spacial score (nSPS) is 13.1. The molecule has 7 nitrogen and oxygen atoms in total. The van der Waals surface area contributed by atoms with Gasteiger partial charge in [-0.15, -0.1) is 0 Å². The van der Waals surface area contributed by atoms with Crippen LogP contribution in [0.25, 0.3) is 10.9 Å². The summed E-state index contributed by atoms with van der Waals surface area (Å²) < 4.78 is 45.6. The van der Waals surface area contributed by atoms with Crippen LogP contribution in [0.5, 0.6) is 5.88 Å². The van der Waals surface area contributed by atoms with Crippen molar-refractivity contribution in [3.8, 4) is 5.88 Å². The zero-order valence-electron chi connectivity index (χ0n) is 15.5. The number of aliphatic hydroxyl groups is 1. The molecule has 3 rings (SSSR count). The maximum absolute atomic E-state index is 12.7. The predicted octanol–water partition coefficient (Wildman–Crippen LogP) is 3.14. The molecule has 0 aliphatic rings. The molecule has 3 N–H and O–H groups in total. The molecule has 1 aromatic carbocycles. The molecular weight excluding hydrogens is 390 g/mol. The Hall–Kier alpha value is -2.59. The van der Waals surface area contributed by atoms with Crippen LogP contribution in [0.2, 0.25) is 0 Å². The fourth-order valence-electron chi connectivity index (χ4n) is 2.69. The Kier molecular flexibility index (Phi) is 5.61. The van der Waals surface area contributed by atoms with Gasteiger partial charge in [0.25, 0.3) is 0 Å². The van der Waals surface area contributed by atoms with Crippen LogP contribution in [0.1, 0.15) is 25.0 Å². The number of hydrogen-bond acceptors (Lipinski definition) is 5. The third-order valence-electron chi connectivity index (χ3n) is 4.13. The van der Waals surface area contributed by atoms with Crippen molar-refractivity contribution >= 4 is 27.8 Å². The Morgan fingerprint density at radius 2 is 2.14 bits per heavy atom. The van der Waals surface area contributed by atoms with Gasteiger partial charge in [0.2, 0.25) is 18.3 Å². The predicted molar refractivity (Wildman–Crippen MR) is 102 cm³/mol. The smallest absolute Gasteiger partial charge is 0.242 e. The first-order chi connectivity index (χ1) is 13.2. The van der Waals surface area contributed by atoms with Crippen molar-refractivity contribution in [1.82, 2.24) is 15.0 Å². The van der Waals surface area contributed by atoms with Crippen molar-refractivity contribution in [2.24, 2.45) is 0 Å². The summed E-state index contributed by atoms with van der Waals surface area (Å²) in [5, 5.41) is 10.8. The molecule has 0 aliphatic heterocycles. The summed E-state index contributed by atoms with van der Waals surface area (Å²) in [6.07, 6.45) is -0.268. The molecule has 0 radical (unpaired) electrons. The fraction of sp³-hybridized carbons (Fsp3) is 0.333. The summed E-state index contributed by atoms with van der Waals surface area (Å²) in [6.45, 7) is 3.36. The van der Waals surface area contributed by atoms with Gasteiger partial charge in [-0.25, -0.2) is 18.0 Å². The van der Waals surface area contributed by atoms with Crippen LogP contribution >= 0.6 is 0 Å². The van der Waals surface area contributed by atoms with Gasteiger partial charge in [0, 0.05) is 35.3 Å². The van der Waals surface area contributed by atoms with Crippen molar-refractivity contribution in [1.29, 1.82) is 0 Å². The number of ether oxygens (including phenoxy) is 1. The zero-order chi connectivity index (χ0) is 20.5. The lowest BCUT2D eigenvalue weighted by molar-refractivity contribution is 0.0787. The number of methoxy groups -OCH3 is 1. The highest BCUT2D eigenvalue weighted by Gasteiger charge is 2.19. The monoisotopic (exact) mass is 410 g/mol. The van der Waals surface area contributed by atoms with E-state index in [1.54, 1.807) is 38.2 Å². The van der Waals surface area contributed by atoms with Crippen molar-refractivity contribution < 1.29 is 22.8 Å². The van der Waals surface area contributed by atoms with E-state index in [1.165, 1.54) is 13.3 Å². The van der Waals surface area contributed by atoms with E-state index in [4.69, 9.17) is 4.74 Å². The van der Waals surface area contributed by atoms with Crippen molar-refractivity contribution in [3.63, 3.8) is 0 Å². The van der Waals surface area contributed by atoms with Gasteiger partial charge in [0.15, 0.2) is 11.0 Å². The largest absolute Gasteiger partial charge is 0.481 e. The van der Waals surface area contributed by atoms with Gasteiger partial charge < -0.3 is 14.8 Å². The fourth-order valence-corrected chi connectivity index (χ4v) is 3.61. The lowest BCUT2D eigenvalue weighted by Crippen LogP contribution is -2.15. The molecule has 150 valence electrons. The van der Waals surface area contributed by atoms with Gasteiger partial charge >= 0.3 is 0 Å². The lowest BCUT2D eigenvalue weighted by Gasteiger charge is -2.17. The SMILES string of the molecule is COc1nc(NS(=O)c2c[nH]c3cc(C(C)(C)O)ccc23)ncc1CC(F)F. The summed E-state index contributed by atoms with van der Waals surface area (Å²) in [7, 11) is -0.388. The summed E-state index contributed by atoms with van der Waals surface area (Å²) in [5.74, 6) is -0.000734. The van der Waals surface area contributed by atoms with Gasteiger partial charge in [-0.1, -0.05) is 12.1 Å². The van der Waals surface area contributed by atoms with Gasteiger partial charge in [0.05, 0.1) is 17.6 Å². The number of rotatable bonds is 7. The van der Waals surface area contributed by atoms with Crippen molar-refractivity contribution in [2.75, 3.05) is 11.8 Å². The standard InChI is InChI=1S/C18H20F2N4O3S/c1-18(2,25)11-4-5-12-13(7-11)21-9-14(12)28(26)24-17-22-8-10(6-15(19)20)16(23-17)27-3/h4-5,7-9,15,21,25H,6H2,1-3H3,(H,22,23,24). The number of nitrogens with one attached hydrogen (secondary N) is 2. The van der Waals surface area contributed by atoms with E-state index in [9.17, 15) is 18.1 Å². The first kappa shape index (κ1) is 20.2. The minimum atomic E-state index is -2.55. The number of H-pyrrole nitrogens is 1. The molecule has 1 atom stereocenters. The molecule has 0 saturated carbocycles. The maximum Gasteiger partial charge on any atom is 0.242 e. The topological polar surface area (TPSA) is 100 Å². The summed E-state index contributed by atoms with van der Waals surface area (Å²) in [4.78, 5) is 11.4. The highest BCUT2D eigenvalue weighted by Crippen LogP contribution is 2.28. The number of benzene rings is 1. The average molecular weight is 410 g/mol. The molecular formula is C18H20F2N4O3S. The van der Waals surface area contributed by atoms with Crippen LogP contribution in [0, 0.1) is 0 Å². The minimum Gasteiger partial charge on any atom is -0.481 e. The first-order valence-corrected chi connectivity index (χ1v) is 9.54. The number of alkyl halides is 2. The molecule has 1 unspecified atom stereocenters. The summed E-state index contributed by atoms with van der Waals surface area (Å²) >= 11 is 0.